The van der Waals surface area contributed by atoms with E-state index in [1.165, 1.54) is 24.2 Å². The average Bonchev–Trinajstić information content (AvgIpc) is 2.90. The van der Waals surface area contributed by atoms with E-state index in [0.717, 1.165) is 15.2 Å². The fourth-order valence-corrected chi connectivity index (χ4v) is 3.39. The quantitative estimate of drug-likeness (QED) is 0.926. The smallest absolute Gasteiger partial charge is 0.261 e. The first kappa shape index (κ1) is 11.5. The van der Waals surface area contributed by atoms with Crippen molar-refractivity contribution in [2.24, 2.45) is 0 Å². The second kappa shape index (κ2) is 4.47. The maximum Gasteiger partial charge on any atom is 0.261 e. The molecule has 0 atom stereocenters. The Morgan fingerprint density at radius 1 is 1.67 bits per heavy atom. The fraction of sp³-hybridized carbons (Fsp3) is 0.500. The monoisotopic (exact) mass is 305 g/mol. The van der Waals surface area contributed by atoms with Crippen LogP contribution in [0.1, 0.15) is 22.5 Å². The van der Waals surface area contributed by atoms with Crippen LogP contribution < -0.4 is 5.32 Å². The minimum atomic E-state index is 0.0472. The number of nitrogens with one attached hydrogen (secondary N) is 1. The lowest BCUT2D eigenvalue weighted by molar-refractivity contribution is 0.0957. The molecule has 0 saturated heterocycles. The van der Waals surface area contributed by atoms with Crippen LogP contribution >= 0.6 is 39.0 Å². The molecule has 0 unspecified atom stereocenters. The van der Waals surface area contributed by atoms with E-state index in [1.807, 2.05) is 23.9 Å². The van der Waals surface area contributed by atoms with Gasteiger partial charge in [0.2, 0.25) is 0 Å². The van der Waals surface area contributed by atoms with Gasteiger partial charge < -0.3 is 5.32 Å². The molecule has 1 aliphatic rings. The van der Waals surface area contributed by atoms with Gasteiger partial charge in [0, 0.05) is 11.3 Å². The molecule has 1 fully saturated rings. The number of hydrogen-bond acceptors (Lipinski definition) is 3. The number of thiophene rings is 1. The Hall–Kier alpha value is -0.0000000000000000833. The Kier molecular flexibility index (Phi) is 3.42. The molecule has 0 aromatic carbocycles. The molecule has 1 amide bonds. The van der Waals surface area contributed by atoms with Crippen LogP contribution in [0.3, 0.4) is 0 Å². The molecule has 1 heterocycles. The molecule has 5 heteroatoms. The van der Waals surface area contributed by atoms with Crippen LogP contribution in [-0.4, -0.2) is 23.5 Å². The van der Waals surface area contributed by atoms with Crippen molar-refractivity contribution in [3.05, 3.63) is 20.8 Å². The van der Waals surface area contributed by atoms with E-state index in [2.05, 4.69) is 27.5 Å². The number of carbonyl (C=O) groups is 1. The van der Waals surface area contributed by atoms with E-state index in [1.54, 1.807) is 0 Å². The maximum absolute atomic E-state index is 11.7. The van der Waals surface area contributed by atoms with Gasteiger partial charge in [0.1, 0.15) is 0 Å². The highest BCUT2D eigenvalue weighted by Gasteiger charge is 2.41. The van der Waals surface area contributed by atoms with Crippen molar-refractivity contribution in [3.8, 4) is 0 Å². The Bertz CT molecular complexity index is 373. The largest absolute Gasteiger partial charge is 0.350 e. The summed E-state index contributed by atoms with van der Waals surface area (Å²) in [6.45, 7) is 0.794. The Morgan fingerprint density at radius 3 is 2.87 bits per heavy atom. The zero-order chi connectivity index (χ0) is 10.9. The predicted molar refractivity (Wildman–Crippen MR) is 69.8 cm³/mol. The highest BCUT2D eigenvalue weighted by atomic mass is 79.9. The van der Waals surface area contributed by atoms with Crippen LogP contribution in [0.2, 0.25) is 0 Å². The number of thioether (sulfide) groups is 1. The number of hydrogen-bond donors (Lipinski definition) is 1. The number of halogens is 1. The van der Waals surface area contributed by atoms with Crippen LogP contribution in [0.25, 0.3) is 0 Å². The molecule has 0 spiro atoms. The molecule has 1 N–H and O–H groups in total. The summed E-state index contributed by atoms with van der Waals surface area (Å²) in [4.78, 5) is 12.5. The molecule has 2 rings (SSSR count). The molecule has 1 aromatic rings. The van der Waals surface area contributed by atoms with Crippen molar-refractivity contribution in [3.63, 3.8) is 0 Å². The minimum Gasteiger partial charge on any atom is -0.350 e. The van der Waals surface area contributed by atoms with Crippen LogP contribution in [0.5, 0.6) is 0 Å². The van der Waals surface area contributed by atoms with Gasteiger partial charge in [0.25, 0.3) is 5.91 Å². The van der Waals surface area contributed by atoms with Crippen molar-refractivity contribution < 1.29 is 4.79 Å². The first-order valence-electron chi connectivity index (χ1n) is 4.74. The van der Waals surface area contributed by atoms with Crippen molar-refractivity contribution >= 4 is 44.9 Å². The Labute approximate surface area is 106 Å². The first-order valence-corrected chi connectivity index (χ1v) is 7.57. The number of amides is 1. The van der Waals surface area contributed by atoms with Gasteiger partial charge in [0.05, 0.1) is 8.66 Å². The lowest BCUT2D eigenvalue weighted by Gasteiger charge is -2.12. The second-order valence-electron chi connectivity index (χ2n) is 3.67. The van der Waals surface area contributed by atoms with Gasteiger partial charge in [-0.15, -0.1) is 11.3 Å². The van der Waals surface area contributed by atoms with E-state index < -0.39 is 0 Å². The van der Waals surface area contributed by atoms with Crippen LogP contribution in [0, 0.1) is 0 Å². The molecule has 1 aliphatic carbocycles. The number of rotatable bonds is 4. The molecule has 0 aliphatic heterocycles. The van der Waals surface area contributed by atoms with Crippen LogP contribution in [0.15, 0.2) is 15.9 Å². The van der Waals surface area contributed by atoms with E-state index >= 15 is 0 Å². The fourth-order valence-electron chi connectivity index (χ4n) is 1.36. The van der Waals surface area contributed by atoms with Gasteiger partial charge in [-0.2, -0.15) is 11.8 Å². The summed E-state index contributed by atoms with van der Waals surface area (Å²) in [7, 11) is 0. The molecule has 0 bridgehead atoms. The highest BCUT2D eigenvalue weighted by Crippen LogP contribution is 2.46. The molecule has 15 heavy (non-hydrogen) atoms. The normalized spacial score (nSPS) is 17.5. The minimum absolute atomic E-state index is 0.0472. The predicted octanol–water partition coefficient (Wildman–Crippen LogP) is 3.14. The third-order valence-corrected chi connectivity index (χ3v) is 5.65. The molecule has 2 nitrogen and oxygen atoms in total. The van der Waals surface area contributed by atoms with Crippen molar-refractivity contribution in [2.75, 3.05) is 12.8 Å². The van der Waals surface area contributed by atoms with Gasteiger partial charge in [0.15, 0.2) is 0 Å². The van der Waals surface area contributed by atoms with Gasteiger partial charge in [-0.25, -0.2) is 0 Å². The third kappa shape index (κ3) is 2.77. The summed E-state index contributed by atoms with van der Waals surface area (Å²) in [5, 5.41) is 3.00. The van der Waals surface area contributed by atoms with Crippen molar-refractivity contribution in [1.82, 2.24) is 5.32 Å². The van der Waals surface area contributed by atoms with Gasteiger partial charge in [-0.1, -0.05) is 0 Å². The van der Waals surface area contributed by atoms with Crippen molar-refractivity contribution in [2.45, 2.75) is 17.6 Å². The first-order chi connectivity index (χ1) is 7.15. The molecule has 82 valence electrons. The van der Waals surface area contributed by atoms with Crippen LogP contribution in [0.4, 0.5) is 0 Å². The van der Waals surface area contributed by atoms with Gasteiger partial charge in [-0.3, -0.25) is 4.79 Å². The lowest BCUT2D eigenvalue weighted by atomic mass is 10.4. The molecular formula is C10H12BrNOS2. The molecule has 1 aromatic heterocycles. The Morgan fingerprint density at radius 2 is 2.40 bits per heavy atom. The maximum atomic E-state index is 11.7. The van der Waals surface area contributed by atoms with E-state index in [-0.39, 0.29) is 5.91 Å². The van der Waals surface area contributed by atoms with Gasteiger partial charge >= 0.3 is 0 Å². The SMILES string of the molecule is CSC1(CNC(=O)c2ccc(Br)s2)CC1. The molecule has 1 saturated carbocycles. The summed E-state index contributed by atoms with van der Waals surface area (Å²) < 4.78 is 1.34. The highest BCUT2D eigenvalue weighted by molar-refractivity contribution is 9.11. The summed E-state index contributed by atoms with van der Waals surface area (Å²) in [6, 6.07) is 3.75. The van der Waals surface area contributed by atoms with Gasteiger partial charge in [-0.05, 0) is 47.2 Å². The summed E-state index contributed by atoms with van der Waals surface area (Å²) in [5.74, 6) is 0.0472. The zero-order valence-corrected chi connectivity index (χ0v) is 11.6. The topological polar surface area (TPSA) is 29.1 Å². The average molecular weight is 306 g/mol. The van der Waals surface area contributed by atoms with Crippen LogP contribution in [-0.2, 0) is 0 Å². The summed E-state index contributed by atoms with van der Waals surface area (Å²) in [6.07, 6.45) is 4.56. The Balaban J connectivity index is 1.88. The molecular weight excluding hydrogens is 294 g/mol. The second-order valence-corrected chi connectivity index (χ2v) is 7.41. The standard InChI is InChI=1S/C10H12BrNOS2/c1-14-10(4-5-10)6-12-9(13)7-2-3-8(11)15-7/h2-3H,4-6H2,1H3,(H,12,13). The van der Waals surface area contributed by atoms with E-state index in [0.29, 0.717) is 4.75 Å². The van der Waals surface area contributed by atoms with Crippen molar-refractivity contribution in [1.29, 1.82) is 0 Å². The zero-order valence-electron chi connectivity index (χ0n) is 8.38. The van der Waals surface area contributed by atoms with E-state index in [4.69, 9.17) is 0 Å². The summed E-state index contributed by atoms with van der Waals surface area (Å²) in [5.41, 5.74) is 0. The number of carbonyl (C=O) groups excluding carboxylic acids is 1. The third-order valence-electron chi connectivity index (χ3n) is 2.61. The lowest BCUT2D eigenvalue weighted by Crippen LogP contribution is -2.31. The summed E-state index contributed by atoms with van der Waals surface area (Å²) >= 11 is 6.68. The van der Waals surface area contributed by atoms with E-state index in [9.17, 15) is 4.79 Å². The molecule has 0 radical (unpaired) electrons.